The summed E-state index contributed by atoms with van der Waals surface area (Å²) in [4.78, 5) is 12.3. The molecule has 0 heterocycles. The molecule has 2 radical (unpaired) electrons. The minimum Gasteiger partial charge on any atom is -0.463 e. The van der Waals surface area contributed by atoms with Gasteiger partial charge in [-0.05, 0) is 25.3 Å². The van der Waals surface area contributed by atoms with Gasteiger partial charge in [-0.25, -0.2) is 4.79 Å². The zero-order chi connectivity index (χ0) is 23.2. The van der Waals surface area contributed by atoms with Crippen LogP contribution in [0.2, 0.25) is 6.04 Å². The Kier molecular flexibility index (Phi) is 20.7. The van der Waals surface area contributed by atoms with Crippen molar-refractivity contribution in [2.45, 2.75) is 115 Å². The van der Waals surface area contributed by atoms with Gasteiger partial charge in [-0.3, -0.25) is 0 Å². The normalized spacial score (nSPS) is 12.4. The molecule has 0 aliphatic rings. The van der Waals surface area contributed by atoms with Crippen molar-refractivity contribution in [2.24, 2.45) is 0 Å². The van der Waals surface area contributed by atoms with Gasteiger partial charge in [0.2, 0.25) is 0 Å². The molecular formula is C25H48O5Si. The summed E-state index contributed by atoms with van der Waals surface area (Å²) >= 11 is 0. The Morgan fingerprint density at radius 2 is 1.23 bits per heavy atom. The number of carbonyl (C=O) groups is 1. The van der Waals surface area contributed by atoms with Crippen LogP contribution < -0.4 is 0 Å². The molecule has 31 heavy (non-hydrogen) atoms. The number of unbranched alkanes of at least 4 members (excludes halogenated alkanes) is 11. The zero-order valence-electron chi connectivity index (χ0n) is 20.9. The predicted octanol–water partition coefficient (Wildman–Crippen LogP) is 6.63. The molecule has 0 aromatic heterocycles. The van der Waals surface area contributed by atoms with Crippen molar-refractivity contribution in [2.75, 3.05) is 27.9 Å². The molecule has 0 unspecified atom stereocenters. The number of ether oxygens (including phenoxy) is 4. The van der Waals surface area contributed by atoms with Crippen LogP contribution in [0.4, 0.5) is 0 Å². The number of hydrogen-bond donors (Lipinski definition) is 0. The van der Waals surface area contributed by atoms with Crippen LogP contribution in [-0.2, 0) is 23.7 Å². The summed E-state index contributed by atoms with van der Waals surface area (Å²) in [6, 6.07) is 0.705. The lowest BCUT2D eigenvalue weighted by atomic mass is 10.1. The van der Waals surface area contributed by atoms with E-state index in [-0.39, 0.29) is 15.5 Å². The zero-order valence-corrected chi connectivity index (χ0v) is 21.9. The highest BCUT2D eigenvalue weighted by Crippen LogP contribution is 2.20. The lowest BCUT2D eigenvalue weighted by Crippen LogP contribution is -2.42. The molecule has 0 fully saturated rings. The molecule has 0 saturated carbocycles. The van der Waals surface area contributed by atoms with Gasteiger partial charge >= 0.3 is 5.97 Å². The highest BCUT2D eigenvalue weighted by atomic mass is 28.2. The Bertz CT molecular complexity index is 441. The van der Waals surface area contributed by atoms with Crippen molar-refractivity contribution in [3.8, 4) is 0 Å². The van der Waals surface area contributed by atoms with E-state index in [1.54, 1.807) is 27.4 Å². The maximum absolute atomic E-state index is 12.3. The second kappa shape index (κ2) is 21.2. The number of allylic oxidation sites excluding steroid dienone is 1. The molecule has 6 heteroatoms. The molecule has 0 bridgehead atoms. The van der Waals surface area contributed by atoms with Crippen molar-refractivity contribution in [1.82, 2.24) is 0 Å². The summed E-state index contributed by atoms with van der Waals surface area (Å²) < 4.78 is 21.7. The molecule has 0 aliphatic carbocycles. The molecule has 0 aromatic rings. The van der Waals surface area contributed by atoms with E-state index in [0.29, 0.717) is 12.7 Å². The van der Waals surface area contributed by atoms with Gasteiger partial charge in [-0.2, -0.15) is 0 Å². The Hall–Kier alpha value is -0.693. The van der Waals surface area contributed by atoms with E-state index in [4.69, 9.17) is 18.9 Å². The third-order valence-electron chi connectivity index (χ3n) is 5.50. The van der Waals surface area contributed by atoms with Crippen LogP contribution in [0, 0.1) is 0 Å². The van der Waals surface area contributed by atoms with Crippen LogP contribution in [-0.4, -0.2) is 49.0 Å². The topological polar surface area (TPSA) is 54.0 Å². The van der Waals surface area contributed by atoms with E-state index in [1.807, 2.05) is 0 Å². The smallest absolute Gasteiger partial charge is 0.330 e. The number of rotatable bonds is 22. The van der Waals surface area contributed by atoms with Crippen molar-refractivity contribution in [3.05, 3.63) is 11.6 Å². The van der Waals surface area contributed by atoms with Gasteiger partial charge in [0.1, 0.15) is 0 Å². The minimum absolute atomic E-state index is 0.228. The van der Waals surface area contributed by atoms with Crippen LogP contribution >= 0.6 is 0 Å². The molecule has 5 nitrogen and oxygen atoms in total. The van der Waals surface area contributed by atoms with Crippen LogP contribution in [0.3, 0.4) is 0 Å². The fraction of sp³-hybridized carbons (Fsp3) is 0.880. The molecule has 0 N–H and O–H groups in total. The van der Waals surface area contributed by atoms with Crippen LogP contribution in [0.5, 0.6) is 0 Å². The lowest BCUT2D eigenvalue weighted by molar-refractivity contribution is -0.294. The molecule has 0 rings (SSSR count). The summed E-state index contributed by atoms with van der Waals surface area (Å²) in [6.07, 6.45) is 18.5. The SMILES string of the molecule is CCCCCCCCCCOC(=O)C=C(CCCCCCC)C[Si]C(OC)(OC)OC. The lowest BCUT2D eigenvalue weighted by Gasteiger charge is -2.28. The summed E-state index contributed by atoms with van der Waals surface area (Å²) in [5, 5.41) is 0. The van der Waals surface area contributed by atoms with Gasteiger partial charge in [0.25, 0.3) is 5.60 Å². The average molecular weight is 457 g/mol. The quantitative estimate of drug-likeness (QED) is 0.0601. The monoisotopic (exact) mass is 456 g/mol. The van der Waals surface area contributed by atoms with Gasteiger partial charge in [0.15, 0.2) is 9.52 Å². The van der Waals surface area contributed by atoms with Gasteiger partial charge in [0, 0.05) is 27.4 Å². The number of esters is 1. The maximum atomic E-state index is 12.3. The van der Waals surface area contributed by atoms with Crippen molar-refractivity contribution in [1.29, 1.82) is 0 Å². The molecule has 0 atom stereocenters. The first kappa shape index (κ1) is 30.3. The van der Waals surface area contributed by atoms with E-state index in [2.05, 4.69) is 13.8 Å². The largest absolute Gasteiger partial charge is 0.463 e. The highest BCUT2D eigenvalue weighted by Gasteiger charge is 2.30. The minimum atomic E-state index is -1.04. The van der Waals surface area contributed by atoms with Crippen molar-refractivity contribution in [3.63, 3.8) is 0 Å². The summed E-state index contributed by atoms with van der Waals surface area (Å²) in [6.45, 7) is 4.97. The Morgan fingerprint density at radius 1 is 0.742 bits per heavy atom. The second-order valence-corrected chi connectivity index (χ2v) is 9.45. The number of methoxy groups -OCH3 is 3. The van der Waals surface area contributed by atoms with Crippen LogP contribution in [0.25, 0.3) is 0 Å². The van der Waals surface area contributed by atoms with E-state index in [0.717, 1.165) is 31.3 Å². The van der Waals surface area contributed by atoms with Gasteiger partial charge in [-0.15, -0.1) is 0 Å². The maximum Gasteiger partial charge on any atom is 0.330 e. The predicted molar refractivity (Wildman–Crippen MR) is 129 cm³/mol. The first-order valence-electron chi connectivity index (χ1n) is 12.3. The first-order chi connectivity index (χ1) is 15.1. The summed E-state index contributed by atoms with van der Waals surface area (Å²) in [7, 11) is 4.97. The van der Waals surface area contributed by atoms with Crippen molar-refractivity contribution >= 4 is 15.5 Å². The van der Waals surface area contributed by atoms with Gasteiger partial charge in [-0.1, -0.05) is 90.0 Å². The van der Waals surface area contributed by atoms with Crippen LogP contribution in [0.15, 0.2) is 11.6 Å². The molecule has 0 aromatic carbocycles. The third-order valence-corrected chi connectivity index (χ3v) is 7.18. The van der Waals surface area contributed by atoms with Gasteiger partial charge in [0.05, 0.1) is 6.61 Å². The average Bonchev–Trinajstić information content (AvgIpc) is 2.78. The standard InChI is InChI=1S/C25H48O5Si/c1-6-8-10-12-13-14-16-18-20-30-24(26)21-23(19-17-15-11-9-7-2)22-31-25(27-3,28-4)29-5/h21H,6-20,22H2,1-5H3. The molecular weight excluding hydrogens is 408 g/mol. The number of carbonyl (C=O) groups excluding carboxylic acids is 1. The van der Waals surface area contributed by atoms with Gasteiger partial charge < -0.3 is 18.9 Å². The van der Waals surface area contributed by atoms with E-state index in [1.165, 1.54) is 64.2 Å². The fourth-order valence-electron chi connectivity index (χ4n) is 3.47. The molecule has 0 aliphatic heterocycles. The fourth-order valence-corrected chi connectivity index (χ4v) is 4.63. The number of hydrogen-bond acceptors (Lipinski definition) is 5. The molecule has 182 valence electrons. The second-order valence-electron chi connectivity index (χ2n) is 8.13. The summed E-state index contributed by atoms with van der Waals surface area (Å²) in [5.74, 6) is -0.228. The highest BCUT2D eigenvalue weighted by molar-refractivity contribution is 6.39. The van der Waals surface area contributed by atoms with E-state index in [9.17, 15) is 4.79 Å². The van der Waals surface area contributed by atoms with E-state index < -0.39 is 5.60 Å². The Morgan fingerprint density at radius 3 is 1.74 bits per heavy atom. The Labute approximate surface area is 194 Å². The first-order valence-corrected chi connectivity index (χ1v) is 13.5. The molecule has 0 spiro atoms. The molecule has 0 amide bonds. The molecule has 0 saturated heterocycles. The van der Waals surface area contributed by atoms with Crippen LogP contribution in [0.1, 0.15) is 104 Å². The van der Waals surface area contributed by atoms with Crippen molar-refractivity contribution < 1.29 is 23.7 Å². The summed E-state index contributed by atoms with van der Waals surface area (Å²) in [5.41, 5.74) is 0.0498. The third kappa shape index (κ3) is 16.6. The Balaban J connectivity index is 4.42. The van der Waals surface area contributed by atoms with E-state index >= 15 is 0 Å².